The van der Waals surface area contributed by atoms with Gasteiger partial charge >= 0.3 is 12.1 Å². The number of hydrogen-bond donors (Lipinski definition) is 0. The van der Waals surface area contributed by atoms with Gasteiger partial charge in [0, 0.05) is 12.0 Å². The van der Waals surface area contributed by atoms with Gasteiger partial charge in [0.15, 0.2) is 5.78 Å². The van der Waals surface area contributed by atoms with Crippen molar-refractivity contribution in [3.63, 3.8) is 0 Å². The van der Waals surface area contributed by atoms with Crippen LogP contribution in [-0.2, 0) is 16.0 Å². The van der Waals surface area contributed by atoms with Crippen LogP contribution in [0.2, 0.25) is 0 Å². The van der Waals surface area contributed by atoms with Crippen molar-refractivity contribution in [2.45, 2.75) is 39.0 Å². The van der Waals surface area contributed by atoms with Crippen LogP contribution in [0, 0.1) is 5.41 Å². The summed E-state index contributed by atoms with van der Waals surface area (Å²) in [6, 6.07) is 5.73. The minimum atomic E-state index is -5.01. The van der Waals surface area contributed by atoms with Crippen LogP contribution in [0.4, 0.5) is 13.2 Å². The molecular formula is C15H15F3O3. The summed E-state index contributed by atoms with van der Waals surface area (Å²) in [6.07, 6.45) is -5.72. The molecule has 0 amide bonds. The first-order chi connectivity index (χ1) is 9.49. The molecule has 0 fully saturated rings. The second-order valence-electron chi connectivity index (χ2n) is 6.07. The number of halogens is 3. The van der Waals surface area contributed by atoms with Gasteiger partial charge in [0.05, 0.1) is 0 Å². The fraction of sp³-hybridized carbons (Fsp3) is 0.467. The van der Waals surface area contributed by atoms with Gasteiger partial charge in [-0.05, 0) is 26.3 Å². The Bertz CT molecular complexity index is 599. The Morgan fingerprint density at radius 2 is 1.76 bits per heavy atom. The molecule has 114 valence electrons. The first kappa shape index (κ1) is 15.5. The molecule has 0 spiro atoms. The molecule has 1 aromatic carbocycles. The summed E-state index contributed by atoms with van der Waals surface area (Å²) in [5.74, 6) is -2.77. The number of benzene rings is 1. The molecule has 0 saturated heterocycles. The summed E-state index contributed by atoms with van der Waals surface area (Å²) in [7, 11) is 0. The van der Waals surface area contributed by atoms with E-state index in [0.29, 0.717) is 0 Å². The van der Waals surface area contributed by atoms with Crippen molar-refractivity contribution in [3.8, 4) is 0 Å². The molecule has 1 atom stereocenters. The average molecular weight is 300 g/mol. The Balaban J connectivity index is 2.53. The van der Waals surface area contributed by atoms with E-state index in [0.717, 1.165) is 0 Å². The molecule has 3 nitrogen and oxygen atoms in total. The molecule has 0 aromatic heterocycles. The Morgan fingerprint density at radius 1 is 1.19 bits per heavy atom. The number of esters is 1. The quantitative estimate of drug-likeness (QED) is 0.590. The van der Waals surface area contributed by atoms with Crippen molar-refractivity contribution in [3.05, 3.63) is 35.4 Å². The third-order valence-corrected chi connectivity index (χ3v) is 3.34. The highest BCUT2D eigenvalue weighted by Crippen LogP contribution is 2.49. The minimum Gasteiger partial charge on any atom is -0.459 e. The summed E-state index contributed by atoms with van der Waals surface area (Å²) in [5, 5.41) is 0. The van der Waals surface area contributed by atoms with E-state index < -0.39 is 35.4 Å². The third-order valence-electron chi connectivity index (χ3n) is 3.34. The summed E-state index contributed by atoms with van der Waals surface area (Å²) in [4.78, 5) is 24.4. The zero-order chi connectivity index (χ0) is 16.1. The molecule has 0 heterocycles. The van der Waals surface area contributed by atoms with Crippen LogP contribution >= 0.6 is 0 Å². The van der Waals surface area contributed by atoms with E-state index >= 15 is 0 Å². The lowest BCUT2D eigenvalue weighted by molar-refractivity contribution is -0.223. The molecule has 6 heteroatoms. The van der Waals surface area contributed by atoms with Gasteiger partial charge in [-0.15, -0.1) is 0 Å². The van der Waals surface area contributed by atoms with Crippen LogP contribution in [0.5, 0.6) is 0 Å². The zero-order valence-electron chi connectivity index (χ0n) is 11.9. The van der Waals surface area contributed by atoms with E-state index in [2.05, 4.69) is 0 Å². The number of carbonyl (C=O) groups excluding carboxylic acids is 2. The third kappa shape index (κ3) is 2.43. The van der Waals surface area contributed by atoms with Crippen LogP contribution in [0.25, 0.3) is 0 Å². The number of alkyl halides is 3. The Morgan fingerprint density at radius 3 is 2.24 bits per heavy atom. The van der Waals surface area contributed by atoms with Crippen LogP contribution in [0.3, 0.4) is 0 Å². The van der Waals surface area contributed by atoms with Crippen molar-refractivity contribution in [1.82, 2.24) is 0 Å². The molecule has 0 unspecified atom stereocenters. The van der Waals surface area contributed by atoms with Crippen molar-refractivity contribution in [2.24, 2.45) is 5.41 Å². The number of Topliss-reactive ketones (excluding diaryl/α,β-unsaturated/α-hetero) is 1. The minimum absolute atomic E-state index is 0.0688. The molecule has 0 N–H and O–H groups in total. The zero-order valence-corrected chi connectivity index (χ0v) is 11.9. The maximum absolute atomic E-state index is 13.5. The van der Waals surface area contributed by atoms with Gasteiger partial charge in [0.1, 0.15) is 5.60 Å². The highest BCUT2D eigenvalue weighted by Gasteiger charge is 2.69. The van der Waals surface area contributed by atoms with E-state index in [9.17, 15) is 22.8 Å². The second-order valence-corrected chi connectivity index (χ2v) is 6.07. The van der Waals surface area contributed by atoms with E-state index in [4.69, 9.17) is 4.74 Å². The summed E-state index contributed by atoms with van der Waals surface area (Å²) in [5.41, 5.74) is -4.10. The molecule has 1 aliphatic rings. The lowest BCUT2D eigenvalue weighted by Crippen LogP contribution is -2.52. The molecule has 2 rings (SSSR count). The van der Waals surface area contributed by atoms with E-state index in [1.807, 2.05) is 0 Å². The molecule has 0 saturated carbocycles. The van der Waals surface area contributed by atoms with Gasteiger partial charge < -0.3 is 4.74 Å². The van der Waals surface area contributed by atoms with Gasteiger partial charge in [-0.2, -0.15) is 13.2 Å². The predicted molar refractivity (Wildman–Crippen MR) is 68.8 cm³/mol. The number of hydrogen-bond acceptors (Lipinski definition) is 3. The Kier molecular flexibility index (Phi) is 3.39. The standard InChI is InChI=1S/C15H15F3O3/c1-13(2,3)21-12(20)14(15(16,17)18)8-9-6-4-5-7-10(9)11(14)19/h4-7H,8H2,1-3H3/t14-/m0/s1. The van der Waals surface area contributed by atoms with E-state index in [1.54, 1.807) is 0 Å². The summed E-state index contributed by atoms with van der Waals surface area (Å²) < 4.78 is 45.5. The number of ketones is 1. The predicted octanol–water partition coefficient (Wildman–Crippen LogP) is 3.32. The van der Waals surface area contributed by atoms with Crippen LogP contribution in [0.1, 0.15) is 36.7 Å². The Hall–Kier alpha value is -1.85. The lowest BCUT2D eigenvalue weighted by Gasteiger charge is -2.31. The first-order valence-corrected chi connectivity index (χ1v) is 6.42. The largest absolute Gasteiger partial charge is 0.459 e. The van der Waals surface area contributed by atoms with Gasteiger partial charge in [0.25, 0.3) is 0 Å². The molecule has 21 heavy (non-hydrogen) atoms. The second kappa shape index (κ2) is 4.58. The average Bonchev–Trinajstić information content (AvgIpc) is 2.62. The molecule has 0 bridgehead atoms. The Labute approximate surface area is 120 Å². The first-order valence-electron chi connectivity index (χ1n) is 6.42. The molecular weight excluding hydrogens is 285 g/mol. The van der Waals surface area contributed by atoms with Gasteiger partial charge in [-0.3, -0.25) is 9.59 Å². The molecule has 0 radical (unpaired) electrons. The number of rotatable bonds is 1. The number of carbonyl (C=O) groups is 2. The number of ether oxygens (including phenoxy) is 1. The van der Waals surface area contributed by atoms with Crippen molar-refractivity contribution >= 4 is 11.8 Å². The maximum atomic E-state index is 13.5. The van der Waals surface area contributed by atoms with Gasteiger partial charge in [0.2, 0.25) is 5.41 Å². The summed E-state index contributed by atoms with van der Waals surface area (Å²) in [6.45, 7) is 4.38. The molecule has 0 aliphatic heterocycles. The molecule has 1 aliphatic carbocycles. The molecule has 1 aromatic rings. The fourth-order valence-electron chi connectivity index (χ4n) is 2.37. The van der Waals surface area contributed by atoms with Gasteiger partial charge in [-0.25, -0.2) is 0 Å². The van der Waals surface area contributed by atoms with Crippen molar-refractivity contribution in [2.75, 3.05) is 0 Å². The maximum Gasteiger partial charge on any atom is 0.412 e. The monoisotopic (exact) mass is 300 g/mol. The SMILES string of the molecule is CC(C)(C)OC(=O)[C@]1(C(F)(F)F)Cc2ccccc2C1=O. The summed E-state index contributed by atoms with van der Waals surface area (Å²) >= 11 is 0. The van der Waals surface area contributed by atoms with Crippen molar-refractivity contribution < 1.29 is 27.5 Å². The van der Waals surface area contributed by atoms with Gasteiger partial charge in [-0.1, -0.05) is 24.3 Å². The lowest BCUT2D eigenvalue weighted by atomic mass is 9.82. The van der Waals surface area contributed by atoms with E-state index in [1.165, 1.54) is 45.0 Å². The van der Waals surface area contributed by atoms with Crippen LogP contribution in [0.15, 0.2) is 24.3 Å². The van der Waals surface area contributed by atoms with Crippen LogP contribution < -0.4 is 0 Å². The highest BCUT2D eigenvalue weighted by atomic mass is 19.4. The normalized spacial score (nSPS) is 22.1. The van der Waals surface area contributed by atoms with Crippen LogP contribution in [-0.4, -0.2) is 23.5 Å². The highest BCUT2D eigenvalue weighted by molar-refractivity contribution is 6.16. The smallest absolute Gasteiger partial charge is 0.412 e. The fourth-order valence-corrected chi connectivity index (χ4v) is 2.37. The van der Waals surface area contributed by atoms with Crippen molar-refractivity contribution in [1.29, 1.82) is 0 Å². The number of fused-ring (bicyclic) bond motifs is 1. The topological polar surface area (TPSA) is 43.4 Å². The van der Waals surface area contributed by atoms with E-state index in [-0.39, 0.29) is 11.1 Å².